The van der Waals surface area contributed by atoms with Crippen LogP contribution in [-0.4, -0.2) is 187 Å². The first-order valence-corrected chi connectivity index (χ1v) is 24.7. The van der Waals surface area contributed by atoms with Crippen molar-refractivity contribution in [2.45, 2.75) is 177 Å². The molecule has 2 fully saturated rings. The smallest absolute Gasteiger partial charge is 0.308 e. The molecule has 0 spiro atoms. The summed E-state index contributed by atoms with van der Waals surface area (Å²) in [6.07, 6.45) is 7.38. The second-order valence-electron chi connectivity index (χ2n) is 18.3. The Balaban J connectivity index is 2.25. The topological polar surface area (TPSA) is 347 Å². The number of hydrogen-bond acceptors (Lipinski definition) is 19. The first-order chi connectivity index (χ1) is 33.7. The highest BCUT2D eigenvalue weighted by atomic mass is 16.7. The van der Waals surface area contributed by atoms with Crippen LogP contribution in [0.15, 0.2) is 85.1 Å². The van der Waals surface area contributed by atoms with Gasteiger partial charge in [0.25, 0.3) is 0 Å². The molecule has 15 N–H and O–H groups in total. The van der Waals surface area contributed by atoms with Crippen molar-refractivity contribution in [2.24, 2.45) is 23.3 Å². The van der Waals surface area contributed by atoms with Gasteiger partial charge in [-0.15, -0.1) is 0 Å². The zero-order valence-electron chi connectivity index (χ0n) is 41.7. The fourth-order valence-corrected chi connectivity index (χ4v) is 7.80. The Bertz CT molecular complexity index is 1710. The van der Waals surface area contributed by atoms with E-state index < -0.39 is 135 Å². The monoisotopic (exact) mass is 1010 g/mol. The van der Waals surface area contributed by atoms with Crippen LogP contribution in [0, 0.1) is 11.8 Å². The number of aliphatic hydroxyl groups excluding tert-OH is 9. The first kappa shape index (κ1) is 63.6. The molecular formula is C51H85N3O17. The van der Waals surface area contributed by atoms with E-state index in [1.54, 1.807) is 51.2 Å². The molecular weight excluding hydrogens is 927 g/mol. The van der Waals surface area contributed by atoms with Crippen LogP contribution in [0.5, 0.6) is 0 Å². The number of hydrogen-bond donors (Lipinski definition) is 13. The van der Waals surface area contributed by atoms with Crippen molar-refractivity contribution in [1.29, 1.82) is 0 Å². The normalized spacial score (nSPS) is 29.1. The van der Waals surface area contributed by atoms with Gasteiger partial charge in [0.1, 0.15) is 12.2 Å². The Morgan fingerprint density at radius 1 is 0.831 bits per heavy atom. The van der Waals surface area contributed by atoms with Gasteiger partial charge < -0.3 is 91.5 Å². The molecule has 0 aromatic rings. The van der Waals surface area contributed by atoms with E-state index in [1.165, 1.54) is 0 Å². The summed E-state index contributed by atoms with van der Waals surface area (Å²) >= 11 is 0. The summed E-state index contributed by atoms with van der Waals surface area (Å²) in [4.78, 5) is 25.9. The van der Waals surface area contributed by atoms with Crippen molar-refractivity contribution in [3.63, 3.8) is 0 Å². The average Bonchev–Trinajstić information content (AvgIpc) is 3.30. The maximum absolute atomic E-state index is 13.7. The highest BCUT2D eigenvalue weighted by molar-refractivity contribution is 5.80. The fraction of sp³-hybridized carbons (Fsp3) is 0.686. The molecule has 0 bridgehead atoms. The Labute approximate surface area is 418 Å². The SMILES string of the molecule is CCC=CC=CC=CC=CC=CC=CC=CC(CC1OC(O)(CC(O)CC(O)C(O)CCC(O)CC(O)CC(=O)OC(C)C(C)CO)CC(O)C1C(=O)NCCOCCN)OC1OC(C)C(O)C(N)C1O. The van der Waals surface area contributed by atoms with E-state index in [4.69, 9.17) is 35.2 Å². The third kappa shape index (κ3) is 24.8. The van der Waals surface area contributed by atoms with E-state index in [1.807, 2.05) is 54.7 Å². The number of esters is 1. The molecule has 20 heteroatoms. The lowest BCUT2D eigenvalue weighted by Gasteiger charge is -2.46. The van der Waals surface area contributed by atoms with Gasteiger partial charge in [0.05, 0.1) is 92.6 Å². The van der Waals surface area contributed by atoms with Crippen molar-refractivity contribution in [2.75, 3.05) is 32.9 Å². The van der Waals surface area contributed by atoms with Crippen LogP contribution in [-0.2, 0) is 33.3 Å². The molecule has 17 unspecified atom stereocenters. The summed E-state index contributed by atoms with van der Waals surface area (Å²) < 4.78 is 28.8. The lowest BCUT2D eigenvalue weighted by Crippen LogP contribution is -2.62. The number of amides is 1. The molecule has 406 valence electrons. The highest BCUT2D eigenvalue weighted by Crippen LogP contribution is 2.38. The van der Waals surface area contributed by atoms with Gasteiger partial charge in [0.15, 0.2) is 12.1 Å². The van der Waals surface area contributed by atoms with Crippen LogP contribution < -0.4 is 16.8 Å². The van der Waals surface area contributed by atoms with E-state index in [0.717, 1.165) is 6.42 Å². The molecule has 0 saturated carbocycles. The van der Waals surface area contributed by atoms with Crippen molar-refractivity contribution in [3.05, 3.63) is 85.1 Å². The van der Waals surface area contributed by atoms with E-state index in [-0.39, 0.29) is 64.5 Å². The summed E-state index contributed by atoms with van der Waals surface area (Å²) in [6, 6.07) is -1.14. The van der Waals surface area contributed by atoms with Crippen LogP contribution in [0.25, 0.3) is 0 Å². The van der Waals surface area contributed by atoms with Gasteiger partial charge in [-0.3, -0.25) is 9.59 Å². The van der Waals surface area contributed by atoms with E-state index >= 15 is 0 Å². The Hall–Kier alpha value is -3.52. The summed E-state index contributed by atoms with van der Waals surface area (Å²) in [5.41, 5.74) is 11.6. The van der Waals surface area contributed by atoms with Crippen molar-refractivity contribution in [3.8, 4) is 0 Å². The molecule has 2 aliphatic heterocycles. The standard InChI is InChI=1S/C51H85N3O17/c1-5-6-7-8-9-10-11-12-13-14-15-16-17-18-19-39(70-50-48(64)46(53)47(63)35(4)69-50)29-43-45(49(65)54-23-25-67-24-22-52)42(61)31-51(66,71-43)30-38(58)27-41(60)40(59)21-20-36(56)26-37(57)28-44(62)68-34(3)33(2)32-55/h6-19,33-43,45-48,50,55-61,63-64,66H,5,20-32,52-53H2,1-4H3,(H,54,65). The van der Waals surface area contributed by atoms with Gasteiger partial charge in [-0.1, -0.05) is 98.9 Å². The number of ether oxygens (including phenoxy) is 5. The second kappa shape index (κ2) is 34.8. The van der Waals surface area contributed by atoms with Crippen LogP contribution in [0.4, 0.5) is 0 Å². The van der Waals surface area contributed by atoms with E-state index in [9.17, 15) is 60.7 Å². The molecule has 2 rings (SSSR count). The predicted molar refractivity (Wildman–Crippen MR) is 264 cm³/mol. The molecule has 2 aliphatic rings. The maximum Gasteiger partial charge on any atom is 0.308 e. The minimum atomic E-state index is -2.29. The van der Waals surface area contributed by atoms with Crippen molar-refractivity contribution < 1.29 is 84.3 Å². The average molecular weight is 1010 g/mol. The number of rotatable bonds is 33. The third-order valence-corrected chi connectivity index (χ3v) is 12.1. The maximum atomic E-state index is 13.7. The van der Waals surface area contributed by atoms with E-state index in [2.05, 4.69) is 12.2 Å². The molecule has 0 aromatic heterocycles. The first-order valence-electron chi connectivity index (χ1n) is 24.7. The van der Waals surface area contributed by atoms with Gasteiger partial charge in [-0.05, 0) is 39.5 Å². The summed E-state index contributed by atoms with van der Waals surface area (Å²) in [7, 11) is 0. The van der Waals surface area contributed by atoms with Crippen molar-refractivity contribution in [1.82, 2.24) is 5.32 Å². The summed E-state index contributed by atoms with van der Waals surface area (Å²) in [5.74, 6) is -5.27. The lowest BCUT2D eigenvalue weighted by molar-refractivity contribution is -0.307. The molecule has 0 aromatic carbocycles. The summed E-state index contributed by atoms with van der Waals surface area (Å²) in [6.45, 7) is 7.40. The van der Waals surface area contributed by atoms with Crippen LogP contribution >= 0.6 is 0 Å². The van der Waals surface area contributed by atoms with Crippen LogP contribution in [0.1, 0.15) is 85.5 Å². The molecule has 1 amide bonds. The molecule has 71 heavy (non-hydrogen) atoms. The quantitative estimate of drug-likeness (QED) is 0.0236. The highest BCUT2D eigenvalue weighted by Gasteiger charge is 2.51. The summed E-state index contributed by atoms with van der Waals surface area (Å²) in [5, 5.41) is 110. The number of nitrogens with one attached hydrogen (secondary N) is 1. The zero-order valence-corrected chi connectivity index (χ0v) is 41.7. The fourth-order valence-electron chi connectivity index (χ4n) is 7.80. The molecule has 2 heterocycles. The lowest BCUT2D eigenvalue weighted by atomic mass is 9.82. The number of nitrogens with two attached hydrogens (primary N) is 2. The number of aliphatic hydroxyl groups is 10. The Morgan fingerprint density at radius 2 is 1.45 bits per heavy atom. The number of allylic oxidation sites excluding steroid dienone is 13. The molecule has 2 saturated heterocycles. The minimum Gasteiger partial charge on any atom is -0.462 e. The van der Waals surface area contributed by atoms with E-state index in [0.29, 0.717) is 0 Å². The second-order valence-corrected chi connectivity index (χ2v) is 18.3. The molecule has 0 aliphatic carbocycles. The van der Waals surface area contributed by atoms with Gasteiger partial charge in [0, 0.05) is 51.3 Å². The van der Waals surface area contributed by atoms with Gasteiger partial charge in [-0.25, -0.2) is 0 Å². The van der Waals surface area contributed by atoms with Crippen LogP contribution in [0.2, 0.25) is 0 Å². The van der Waals surface area contributed by atoms with Gasteiger partial charge in [0.2, 0.25) is 5.91 Å². The number of carbonyl (C=O) groups is 2. The largest absolute Gasteiger partial charge is 0.462 e. The Morgan fingerprint density at radius 3 is 2.06 bits per heavy atom. The minimum absolute atomic E-state index is 0.0482. The van der Waals surface area contributed by atoms with Crippen LogP contribution in [0.3, 0.4) is 0 Å². The van der Waals surface area contributed by atoms with Gasteiger partial charge >= 0.3 is 5.97 Å². The molecule has 0 radical (unpaired) electrons. The third-order valence-electron chi connectivity index (χ3n) is 12.1. The zero-order chi connectivity index (χ0) is 52.9. The van der Waals surface area contributed by atoms with Crippen molar-refractivity contribution >= 4 is 11.9 Å². The number of carbonyl (C=O) groups excluding carboxylic acids is 2. The molecule has 20 nitrogen and oxygen atoms in total. The molecule has 17 atom stereocenters. The Kier molecular flexibility index (Phi) is 31.2. The predicted octanol–water partition coefficient (Wildman–Crippen LogP) is 0.110. The van der Waals surface area contributed by atoms with Gasteiger partial charge in [-0.2, -0.15) is 0 Å².